The van der Waals surface area contributed by atoms with Crippen molar-refractivity contribution in [3.05, 3.63) is 82.2 Å². The van der Waals surface area contributed by atoms with E-state index in [2.05, 4.69) is 15.4 Å². The molecule has 0 fully saturated rings. The highest BCUT2D eigenvalue weighted by Crippen LogP contribution is 2.40. The van der Waals surface area contributed by atoms with Gasteiger partial charge in [-0.05, 0) is 62.7 Å². The van der Waals surface area contributed by atoms with Gasteiger partial charge in [0.1, 0.15) is 0 Å². The topological polar surface area (TPSA) is 137 Å². The Morgan fingerprint density at radius 2 is 1.86 bits per heavy atom. The molecule has 10 nitrogen and oxygen atoms in total. The molecule has 11 heteroatoms. The molecule has 0 radical (unpaired) electrons. The summed E-state index contributed by atoms with van der Waals surface area (Å²) in [5.74, 6) is -0.985. The van der Waals surface area contributed by atoms with Gasteiger partial charge in [0.25, 0.3) is 5.91 Å². The molecule has 2 amide bonds. The first-order chi connectivity index (χ1) is 19.7. The maximum atomic E-state index is 13.7. The molecule has 2 aromatic carbocycles. The summed E-state index contributed by atoms with van der Waals surface area (Å²) in [7, 11) is -3.28. The molecule has 0 spiro atoms. The SMILES string of the molecule is CCN(CCNS(C)(=O)=O)c1ccc(N=C2C=C(NC(=O)c3cccc(C)c3)C(=O)C3=C2NC(=O)CC3(C)C)c(C)c1. The van der Waals surface area contributed by atoms with E-state index in [0.29, 0.717) is 41.3 Å². The number of likely N-dealkylation sites (N-methyl/N-ethyl adjacent to an activating group) is 1. The van der Waals surface area contributed by atoms with Gasteiger partial charge in [0, 0.05) is 48.3 Å². The number of rotatable bonds is 9. The van der Waals surface area contributed by atoms with Crippen LogP contribution >= 0.6 is 0 Å². The highest BCUT2D eigenvalue weighted by Gasteiger charge is 2.42. The number of carbonyl (C=O) groups excluding carboxylic acids is 3. The van der Waals surface area contributed by atoms with Crippen LogP contribution in [0.2, 0.25) is 0 Å². The van der Waals surface area contributed by atoms with Crippen LogP contribution in [0, 0.1) is 19.3 Å². The van der Waals surface area contributed by atoms with Crippen molar-refractivity contribution in [2.75, 3.05) is 30.8 Å². The Labute approximate surface area is 247 Å². The predicted molar refractivity (Wildman–Crippen MR) is 164 cm³/mol. The van der Waals surface area contributed by atoms with Gasteiger partial charge in [-0.1, -0.05) is 31.5 Å². The fraction of sp³-hybridized carbons (Fsp3) is 0.355. The molecule has 0 atom stereocenters. The van der Waals surface area contributed by atoms with E-state index >= 15 is 0 Å². The number of hydrogen-bond acceptors (Lipinski definition) is 7. The zero-order valence-electron chi connectivity index (χ0n) is 24.8. The molecule has 1 aliphatic carbocycles. The van der Waals surface area contributed by atoms with Crippen molar-refractivity contribution in [1.29, 1.82) is 0 Å². The molecular weight excluding hydrogens is 554 g/mol. The average Bonchev–Trinajstić information content (AvgIpc) is 2.88. The second-order valence-corrected chi connectivity index (χ2v) is 13.1. The fourth-order valence-electron chi connectivity index (χ4n) is 5.19. The van der Waals surface area contributed by atoms with E-state index in [-0.39, 0.29) is 30.4 Å². The van der Waals surface area contributed by atoms with Gasteiger partial charge in [-0.2, -0.15) is 0 Å². The summed E-state index contributed by atoms with van der Waals surface area (Å²) >= 11 is 0. The molecular formula is C31H37N5O5S. The van der Waals surface area contributed by atoms with Crippen LogP contribution < -0.4 is 20.3 Å². The van der Waals surface area contributed by atoms with E-state index in [9.17, 15) is 22.8 Å². The number of Topliss-reactive ketones (excluding diaryl/α,β-unsaturated/α-hetero) is 1. The number of aryl methyl sites for hydroxylation is 2. The number of anilines is 1. The Kier molecular flexibility index (Phi) is 8.84. The normalized spacial score (nSPS) is 17.5. The van der Waals surface area contributed by atoms with Crippen molar-refractivity contribution in [1.82, 2.24) is 15.4 Å². The van der Waals surface area contributed by atoms with Crippen LogP contribution in [0.15, 0.2) is 70.5 Å². The molecule has 2 aliphatic rings. The van der Waals surface area contributed by atoms with Crippen LogP contribution in [0.4, 0.5) is 11.4 Å². The molecule has 0 bridgehead atoms. The molecule has 0 unspecified atom stereocenters. The summed E-state index contributed by atoms with van der Waals surface area (Å²) in [5, 5.41) is 5.62. The first kappa shape index (κ1) is 30.9. The maximum absolute atomic E-state index is 13.7. The van der Waals surface area contributed by atoms with E-state index in [0.717, 1.165) is 23.1 Å². The minimum absolute atomic E-state index is 0.0908. The Morgan fingerprint density at radius 3 is 2.50 bits per heavy atom. The predicted octanol–water partition coefficient (Wildman–Crippen LogP) is 3.45. The van der Waals surface area contributed by atoms with E-state index < -0.39 is 21.3 Å². The highest BCUT2D eigenvalue weighted by atomic mass is 32.2. The number of aliphatic imine (C=N–C) groups is 1. The summed E-state index contributed by atoms with van der Waals surface area (Å²) in [6, 6.07) is 12.8. The molecule has 4 rings (SSSR count). The maximum Gasteiger partial charge on any atom is 0.255 e. The lowest BCUT2D eigenvalue weighted by Crippen LogP contribution is -2.46. The van der Waals surface area contributed by atoms with Crippen LogP contribution in [0.5, 0.6) is 0 Å². The first-order valence-corrected chi connectivity index (χ1v) is 15.7. The molecule has 1 aliphatic heterocycles. The van der Waals surface area contributed by atoms with Gasteiger partial charge in [-0.15, -0.1) is 0 Å². The Bertz CT molecular complexity index is 1650. The monoisotopic (exact) mass is 591 g/mol. The summed E-state index contributed by atoms with van der Waals surface area (Å²) in [5.41, 5.74) is 4.14. The minimum Gasteiger partial charge on any atom is -0.370 e. The zero-order chi connectivity index (χ0) is 30.8. The highest BCUT2D eigenvalue weighted by molar-refractivity contribution is 7.88. The van der Waals surface area contributed by atoms with Crippen LogP contribution in [-0.4, -0.2) is 57.6 Å². The van der Waals surface area contributed by atoms with E-state index in [1.807, 2.05) is 63.8 Å². The summed E-state index contributed by atoms with van der Waals surface area (Å²) in [4.78, 5) is 46.3. The van der Waals surface area contributed by atoms with Gasteiger partial charge in [0.05, 0.1) is 29.0 Å². The summed E-state index contributed by atoms with van der Waals surface area (Å²) in [6.07, 6.45) is 2.77. The molecule has 2 aromatic rings. The van der Waals surface area contributed by atoms with Crippen molar-refractivity contribution >= 4 is 44.7 Å². The third-order valence-electron chi connectivity index (χ3n) is 7.25. The van der Waals surface area contributed by atoms with Crippen LogP contribution in [0.3, 0.4) is 0 Å². The molecule has 0 saturated carbocycles. The van der Waals surface area contributed by atoms with E-state index in [1.54, 1.807) is 18.2 Å². The molecule has 42 heavy (non-hydrogen) atoms. The number of nitrogens with zero attached hydrogens (tertiary/aromatic N) is 2. The number of sulfonamides is 1. The van der Waals surface area contributed by atoms with Crippen molar-refractivity contribution in [2.45, 2.75) is 41.0 Å². The van der Waals surface area contributed by atoms with Crippen molar-refractivity contribution in [3.63, 3.8) is 0 Å². The van der Waals surface area contributed by atoms with Crippen LogP contribution in [0.25, 0.3) is 0 Å². The quantitative estimate of drug-likeness (QED) is 0.382. The van der Waals surface area contributed by atoms with Crippen molar-refractivity contribution in [3.8, 4) is 0 Å². The van der Waals surface area contributed by atoms with Gasteiger partial charge < -0.3 is 15.5 Å². The van der Waals surface area contributed by atoms with Gasteiger partial charge in [0.2, 0.25) is 21.7 Å². The largest absolute Gasteiger partial charge is 0.370 e. The second kappa shape index (κ2) is 12.0. The lowest BCUT2D eigenvalue weighted by molar-refractivity contribution is -0.123. The number of nitrogens with one attached hydrogen (secondary N) is 3. The lowest BCUT2D eigenvalue weighted by atomic mass is 9.72. The standard InChI is InChI=1S/C31H37N5O5S/c1-7-36(14-13-32-42(6,40)41)22-11-12-23(20(3)16-22)33-24-17-25(34-30(39)21-10-8-9-19(2)15-21)29(38)27-28(24)35-26(37)18-31(27,4)5/h8-12,15-17,32H,7,13-14,18H2,1-6H3,(H,34,39)(H,35,37). The van der Waals surface area contributed by atoms with Gasteiger partial charge >= 0.3 is 0 Å². The third kappa shape index (κ3) is 7.03. The number of allylic oxidation sites excluding steroid dienone is 2. The lowest BCUT2D eigenvalue weighted by Gasteiger charge is -2.36. The van der Waals surface area contributed by atoms with Crippen LogP contribution in [0.1, 0.15) is 48.7 Å². The number of benzene rings is 2. The van der Waals surface area contributed by atoms with Crippen molar-refractivity contribution < 1.29 is 22.8 Å². The Balaban J connectivity index is 1.71. The Morgan fingerprint density at radius 1 is 1.12 bits per heavy atom. The number of carbonyl (C=O) groups is 3. The van der Waals surface area contributed by atoms with Gasteiger partial charge in [-0.25, -0.2) is 18.1 Å². The summed E-state index contributed by atoms with van der Waals surface area (Å²) < 4.78 is 25.4. The minimum atomic E-state index is -3.28. The molecule has 3 N–H and O–H groups in total. The second-order valence-electron chi connectivity index (χ2n) is 11.3. The number of ketones is 1. The third-order valence-corrected chi connectivity index (χ3v) is 7.97. The molecule has 0 saturated heterocycles. The number of hydrogen-bond donors (Lipinski definition) is 3. The fourth-order valence-corrected chi connectivity index (χ4v) is 5.65. The van der Waals surface area contributed by atoms with Crippen LogP contribution in [-0.2, 0) is 19.6 Å². The zero-order valence-corrected chi connectivity index (χ0v) is 25.6. The van der Waals surface area contributed by atoms with E-state index in [1.165, 1.54) is 6.08 Å². The first-order valence-electron chi connectivity index (χ1n) is 13.8. The smallest absolute Gasteiger partial charge is 0.255 e. The van der Waals surface area contributed by atoms with Crippen molar-refractivity contribution in [2.24, 2.45) is 10.4 Å². The average molecular weight is 592 g/mol. The number of amides is 2. The summed E-state index contributed by atoms with van der Waals surface area (Å²) in [6.45, 7) is 10.9. The van der Waals surface area contributed by atoms with Gasteiger partial charge in [-0.3, -0.25) is 14.4 Å². The Hall–Kier alpha value is -4.09. The van der Waals surface area contributed by atoms with Gasteiger partial charge in [0.15, 0.2) is 0 Å². The van der Waals surface area contributed by atoms with E-state index in [4.69, 9.17) is 4.99 Å². The molecule has 222 valence electrons. The molecule has 0 aromatic heterocycles. The molecule has 1 heterocycles.